The zero-order valence-electron chi connectivity index (χ0n) is 11.0. The number of nitrogens with zero attached hydrogens (tertiary/aromatic N) is 1. The van der Waals surface area contributed by atoms with Gasteiger partial charge in [0.15, 0.2) is 0 Å². The molecule has 0 radical (unpaired) electrons. The van der Waals surface area contributed by atoms with Crippen LogP contribution < -0.4 is 4.74 Å². The molecular formula is C14H22ClNO. The van der Waals surface area contributed by atoms with Gasteiger partial charge in [0.25, 0.3) is 0 Å². The first-order valence-electron chi connectivity index (χ1n) is 6.14. The highest BCUT2D eigenvalue weighted by molar-refractivity contribution is 6.18. The second-order valence-electron chi connectivity index (χ2n) is 4.28. The van der Waals surface area contributed by atoms with Crippen molar-refractivity contribution >= 4 is 11.6 Å². The Kier molecular flexibility index (Phi) is 6.38. The molecule has 0 unspecified atom stereocenters. The summed E-state index contributed by atoms with van der Waals surface area (Å²) in [6.45, 7) is 6.81. The Hall–Kier alpha value is -0.730. The highest BCUT2D eigenvalue weighted by atomic mass is 35.5. The fourth-order valence-corrected chi connectivity index (χ4v) is 2.05. The minimum Gasteiger partial charge on any atom is -0.494 e. The zero-order chi connectivity index (χ0) is 12.7. The highest BCUT2D eigenvalue weighted by Gasteiger charge is 2.02. The predicted octanol–water partition coefficient (Wildman–Crippen LogP) is 3.11. The second-order valence-corrected chi connectivity index (χ2v) is 4.65. The van der Waals surface area contributed by atoms with Gasteiger partial charge in [0.2, 0.25) is 0 Å². The summed E-state index contributed by atoms with van der Waals surface area (Å²) in [5.74, 6) is 1.68. The highest BCUT2D eigenvalue weighted by Crippen LogP contribution is 2.19. The van der Waals surface area contributed by atoms with E-state index in [-0.39, 0.29) is 0 Å². The van der Waals surface area contributed by atoms with E-state index in [0.717, 1.165) is 31.9 Å². The fourth-order valence-electron chi connectivity index (χ4n) is 1.76. The van der Waals surface area contributed by atoms with Crippen LogP contribution in [0.3, 0.4) is 0 Å². The number of benzene rings is 1. The van der Waals surface area contributed by atoms with Crippen LogP contribution in [0, 0.1) is 6.92 Å². The number of halogens is 1. The first kappa shape index (κ1) is 14.3. The summed E-state index contributed by atoms with van der Waals surface area (Å²) in [6, 6.07) is 6.42. The van der Waals surface area contributed by atoms with Gasteiger partial charge < -0.3 is 9.64 Å². The maximum atomic E-state index is 5.70. The SMILES string of the molecule is CCOc1ccc(CCN(C)CCCl)cc1C. The van der Waals surface area contributed by atoms with Crippen LogP contribution >= 0.6 is 11.6 Å². The molecular weight excluding hydrogens is 234 g/mol. The number of aryl methyl sites for hydroxylation is 1. The van der Waals surface area contributed by atoms with Gasteiger partial charge in [-0.3, -0.25) is 0 Å². The number of rotatable bonds is 7. The molecule has 0 atom stereocenters. The molecule has 0 aromatic heterocycles. The molecule has 0 aliphatic rings. The zero-order valence-corrected chi connectivity index (χ0v) is 11.8. The average molecular weight is 256 g/mol. The number of hydrogen-bond donors (Lipinski definition) is 0. The molecule has 0 N–H and O–H groups in total. The minimum absolute atomic E-state index is 0.693. The summed E-state index contributed by atoms with van der Waals surface area (Å²) in [5.41, 5.74) is 2.57. The summed E-state index contributed by atoms with van der Waals surface area (Å²) >= 11 is 5.70. The van der Waals surface area contributed by atoms with E-state index in [0.29, 0.717) is 5.88 Å². The lowest BCUT2D eigenvalue weighted by molar-refractivity contribution is 0.337. The normalized spacial score (nSPS) is 10.9. The van der Waals surface area contributed by atoms with E-state index in [1.165, 1.54) is 11.1 Å². The van der Waals surface area contributed by atoms with Crippen molar-refractivity contribution in [2.24, 2.45) is 0 Å². The lowest BCUT2D eigenvalue weighted by Gasteiger charge is -2.15. The molecule has 0 bridgehead atoms. The quantitative estimate of drug-likeness (QED) is 0.695. The van der Waals surface area contributed by atoms with Gasteiger partial charge in [-0.15, -0.1) is 11.6 Å². The van der Waals surface area contributed by atoms with Crippen LogP contribution in [-0.2, 0) is 6.42 Å². The summed E-state index contributed by atoms with van der Waals surface area (Å²) in [5, 5.41) is 0. The Labute approximate surface area is 110 Å². The van der Waals surface area contributed by atoms with Crippen LogP contribution in [-0.4, -0.2) is 37.5 Å². The molecule has 0 aliphatic carbocycles. The van der Waals surface area contributed by atoms with E-state index < -0.39 is 0 Å². The van der Waals surface area contributed by atoms with Crippen molar-refractivity contribution in [3.05, 3.63) is 29.3 Å². The van der Waals surface area contributed by atoms with Crippen molar-refractivity contribution < 1.29 is 4.74 Å². The van der Waals surface area contributed by atoms with Crippen LogP contribution in [0.1, 0.15) is 18.1 Å². The fraction of sp³-hybridized carbons (Fsp3) is 0.571. The molecule has 1 aromatic carbocycles. The monoisotopic (exact) mass is 255 g/mol. The van der Waals surface area contributed by atoms with Gasteiger partial charge in [0, 0.05) is 19.0 Å². The molecule has 2 nitrogen and oxygen atoms in total. The molecule has 96 valence electrons. The number of ether oxygens (including phenoxy) is 1. The van der Waals surface area contributed by atoms with Crippen LogP contribution in [0.15, 0.2) is 18.2 Å². The third kappa shape index (κ3) is 4.97. The molecule has 17 heavy (non-hydrogen) atoms. The molecule has 0 aliphatic heterocycles. The molecule has 0 saturated heterocycles. The van der Waals surface area contributed by atoms with Crippen LogP contribution in [0.2, 0.25) is 0 Å². The lowest BCUT2D eigenvalue weighted by Crippen LogP contribution is -2.23. The first-order chi connectivity index (χ1) is 8.17. The maximum Gasteiger partial charge on any atom is 0.122 e. The average Bonchev–Trinajstić information content (AvgIpc) is 2.30. The summed E-state index contributed by atoms with van der Waals surface area (Å²) < 4.78 is 5.53. The smallest absolute Gasteiger partial charge is 0.122 e. The number of alkyl halides is 1. The van der Waals surface area contributed by atoms with Gasteiger partial charge in [0.1, 0.15) is 5.75 Å². The van der Waals surface area contributed by atoms with Gasteiger partial charge in [-0.05, 0) is 44.5 Å². The summed E-state index contributed by atoms with van der Waals surface area (Å²) in [4.78, 5) is 2.25. The third-order valence-electron chi connectivity index (χ3n) is 2.79. The first-order valence-corrected chi connectivity index (χ1v) is 6.67. The minimum atomic E-state index is 0.693. The van der Waals surface area contributed by atoms with E-state index in [1.807, 2.05) is 6.92 Å². The van der Waals surface area contributed by atoms with Crippen molar-refractivity contribution in [1.29, 1.82) is 0 Å². The molecule has 1 rings (SSSR count). The van der Waals surface area contributed by atoms with E-state index in [2.05, 4.69) is 37.1 Å². The second kappa shape index (κ2) is 7.57. The van der Waals surface area contributed by atoms with Gasteiger partial charge in [-0.2, -0.15) is 0 Å². The standard InChI is InChI=1S/C14H22ClNO/c1-4-17-14-6-5-13(11-12(14)2)7-9-16(3)10-8-15/h5-6,11H,4,7-10H2,1-3H3. The van der Waals surface area contributed by atoms with Crippen LogP contribution in [0.25, 0.3) is 0 Å². The van der Waals surface area contributed by atoms with Crippen molar-refractivity contribution in [3.63, 3.8) is 0 Å². The van der Waals surface area contributed by atoms with E-state index >= 15 is 0 Å². The van der Waals surface area contributed by atoms with Gasteiger partial charge in [0.05, 0.1) is 6.61 Å². The summed E-state index contributed by atoms with van der Waals surface area (Å²) in [7, 11) is 2.10. The molecule has 0 saturated carbocycles. The number of hydrogen-bond acceptors (Lipinski definition) is 2. The van der Waals surface area contributed by atoms with Crippen molar-refractivity contribution in [1.82, 2.24) is 4.90 Å². The Morgan fingerprint density at radius 2 is 2.06 bits per heavy atom. The Balaban J connectivity index is 2.52. The van der Waals surface area contributed by atoms with Crippen molar-refractivity contribution in [2.45, 2.75) is 20.3 Å². The van der Waals surface area contributed by atoms with Gasteiger partial charge in [-0.1, -0.05) is 12.1 Å². The van der Waals surface area contributed by atoms with Crippen LogP contribution in [0.4, 0.5) is 0 Å². The van der Waals surface area contributed by atoms with Crippen molar-refractivity contribution in [2.75, 3.05) is 32.6 Å². The van der Waals surface area contributed by atoms with Crippen molar-refractivity contribution in [3.8, 4) is 5.75 Å². The lowest BCUT2D eigenvalue weighted by atomic mass is 10.1. The van der Waals surface area contributed by atoms with E-state index in [4.69, 9.17) is 16.3 Å². The van der Waals surface area contributed by atoms with Gasteiger partial charge in [-0.25, -0.2) is 0 Å². The van der Waals surface area contributed by atoms with E-state index in [9.17, 15) is 0 Å². The third-order valence-corrected chi connectivity index (χ3v) is 2.96. The molecule has 0 spiro atoms. The Bertz CT molecular complexity index is 341. The maximum absolute atomic E-state index is 5.70. The molecule has 0 heterocycles. The molecule has 0 amide bonds. The van der Waals surface area contributed by atoms with Crippen LogP contribution in [0.5, 0.6) is 5.75 Å². The Morgan fingerprint density at radius 3 is 2.65 bits per heavy atom. The predicted molar refractivity (Wildman–Crippen MR) is 74.3 cm³/mol. The van der Waals surface area contributed by atoms with Gasteiger partial charge >= 0.3 is 0 Å². The molecule has 3 heteroatoms. The molecule has 1 aromatic rings. The summed E-state index contributed by atoms with van der Waals surface area (Å²) in [6.07, 6.45) is 1.06. The Morgan fingerprint density at radius 1 is 1.29 bits per heavy atom. The van der Waals surface area contributed by atoms with E-state index in [1.54, 1.807) is 0 Å². The topological polar surface area (TPSA) is 12.5 Å². The largest absolute Gasteiger partial charge is 0.494 e. The number of likely N-dealkylation sites (N-methyl/N-ethyl adjacent to an activating group) is 1. The molecule has 0 fully saturated rings.